The number of nitrogens with one attached hydrogen (secondary N) is 1. The van der Waals surface area contributed by atoms with E-state index in [1.165, 1.54) is 17.7 Å². The van der Waals surface area contributed by atoms with Crippen LogP contribution >= 0.6 is 11.3 Å². The zero-order valence-corrected chi connectivity index (χ0v) is 16.6. The summed E-state index contributed by atoms with van der Waals surface area (Å²) in [7, 11) is -5.48. The van der Waals surface area contributed by atoms with Gasteiger partial charge in [0.15, 0.2) is 0 Å². The second-order valence-electron chi connectivity index (χ2n) is 6.61. The van der Waals surface area contributed by atoms with Gasteiger partial charge in [0.2, 0.25) is 0 Å². The van der Waals surface area contributed by atoms with Crippen molar-refractivity contribution in [2.45, 2.75) is 24.6 Å². The second-order valence-corrected chi connectivity index (χ2v) is 9.52. The maximum atomic E-state index is 13.3. The standard InChI is InChI=1S/C18H17F3N4O2S2/c19-18(20,21)29(26,27)24-9-13-4-1-2-5-15(13)25(10-14-8-22-12-23-14)16(11-24)17-6-3-7-28-17/h1-8,12,16H,9-11H2,(H,22,23)/t16-/m1/s1. The molecule has 6 nitrogen and oxygen atoms in total. The van der Waals surface area contributed by atoms with Gasteiger partial charge in [-0.05, 0) is 23.1 Å². The Morgan fingerprint density at radius 3 is 2.66 bits per heavy atom. The van der Waals surface area contributed by atoms with Crippen molar-refractivity contribution >= 4 is 27.0 Å². The van der Waals surface area contributed by atoms with Gasteiger partial charge in [0.1, 0.15) is 0 Å². The van der Waals surface area contributed by atoms with Crippen molar-refractivity contribution in [3.63, 3.8) is 0 Å². The van der Waals surface area contributed by atoms with Crippen molar-refractivity contribution in [2.24, 2.45) is 0 Å². The predicted octanol–water partition coefficient (Wildman–Crippen LogP) is 3.88. The molecule has 1 aromatic carbocycles. The summed E-state index contributed by atoms with van der Waals surface area (Å²) in [5.74, 6) is 0. The summed E-state index contributed by atoms with van der Waals surface area (Å²) >= 11 is 1.38. The van der Waals surface area contributed by atoms with Gasteiger partial charge in [-0.2, -0.15) is 17.5 Å². The van der Waals surface area contributed by atoms with E-state index >= 15 is 0 Å². The van der Waals surface area contributed by atoms with Crippen LogP contribution in [0, 0.1) is 0 Å². The molecule has 11 heteroatoms. The first kappa shape index (κ1) is 19.9. The lowest BCUT2D eigenvalue weighted by atomic mass is 10.1. The number of sulfonamides is 1. The summed E-state index contributed by atoms with van der Waals surface area (Å²) in [4.78, 5) is 9.72. The molecule has 2 aromatic heterocycles. The van der Waals surface area contributed by atoms with Gasteiger partial charge in [0.05, 0.1) is 24.6 Å². The van der Waals surface area contributed by atoms with Crippen molar-refractivity contribution in [1.82, 2.24) is 14.3 Å². The molecular weight excluding hydrogens is 425 g/mol. The Morgan fingerprint density at radius 2 is 2.00 bits per heavy atom. The largest absolute Gasteiger partial charge is 0.511 e. The predicted molar refractivity (Wildman–Crippen MR) is 104 cm³/mol. The number of fused-ring (bicyclic) bond motifs is 1. The molecule has 29 heavy (non-hydrogen) atoms. The smallest absolute Gasteiger partial charge is 0.356 e. The molecule has 0 amide bonds. The molecule has 0 saturated heterocycles. The van der Waals surface area contributed by atoms with Crippen molar-refractivity contribution in [2.75, 3.05) is 11.4 Å². The van der Waals surface area contributed by atoms with Crippen LogP contribution in [-0.4, -0.2) is 34.7 Å². The van der Waals surface area contributed by atoms with Crippen LogP contribution in [0.3, 0.4) is 0 Å². The van der Waals surface area contributed by atoms with Gasteiger partial charge < -0.3 is 9.88 Å². The third-order valence-electron chi connectivity index (χ3n) is 4.80. The van der Waals surface area contributed by atoms with Crippen molar-refractivity contribution < 1.29 is 21.6 Å². The number of para-hydroxylation sites is 1. The first-order valence-corrected chi connectivity index (χ1v) is 11.0. The van der Waals surface area contributed by atoms with Gasteiger partial charge in [0, 0.05) is 29.9 Å². The molecular formula is C18H17F3N4O2S2. The summed E-state index contributed by atoms with van der Waals surface area (Å²) in [6.45, 7) is -0.315. The molecule has 1 aliphatic rings. The van der Waals surface area contributed by atoms with Crippen LogP contribution in [-0.2, 0) is 23.1 Å². The molecule has 0 fully saturated rings. The Morgan fingerprint density at radius 1 is 1.21 bits per heavy atom. The summed E-state index contributed by atoms with van der Waals surface area (Å²) in [6, 6.07) is 9.96. The number of halogens is 3. The van der Waals surface area contributed by atoms with Crippen LogP contribution in [0.25, 0.3) is 0 Å². The number of alkyl halides is 3. The number of aromatic nitrogens is 2. The summed E-state index contributed by atoms with van der Waals surface area (Å²) in [5.41, 5.74) is -3.38. The molecule has 154 valence electrons. The quantitative estimate of drug-likeness (QED) is 0.666. The highest BCUT2D eigenvalue weighted by Gasteiger charge is 2.51. The number of hydrogen-bond donors (Lipinski definition) is 1. The Labute approximate surface area is 169 Å². The number of anilines is 1. The SMILES string of the molecule is O=S(=O)(N1Cc2ccccc2N(Cc2cnc[nH]2)[C@@H](c2cccs2)C1)C(F)(F)F. The van der Waals surface area contributed by atoms with Crippen molar-refractivity contribution in [1.29, 1.82) is 0 Å². The lowest BCUT2D eigenvalue weighted by molar-refractivity contribution is -0.0492. The third kappa shape index (κ3) is 3.77. The van der Waals surface area contributed by atoms with Crippen LogP contribution in [0.1, 0.15) is 22.2 Å². The highest BCUT2D eigenvalue weighted by molar-refractivity contribution is 7.89. The van der Waals surface area contributed by atoms with E-state index in [0.717, 1.165) is 10.6 Å². The van der Waals surface area contributed by atoms with Crippen molar-refractivity contribution in [3.05, 3.63) is 70.4 Å². The average Bonchev–Trinajstić information content (AvgIpc) is 3.34. The average molecular weight is 442 g/mol. The summed E-state index contributed by atoms with van der Waals surface area (Å²) in [5, 5.41) is 1.82. The Hall–Kier alpha value is -2.37. The normalized spacial score (nSPS) is 18.4. The summed E-state index contributed by atoms with van der Waals surface area (Å²) < 4.78 is 65.1. The van der Waals surface area contributed by atoms with Gasteiger partial charge in [-0.3, -0.25) is 0 Å². The third-order valence-corrected chi connectivity index (χ3v) is 7.32. The first-order valence-electron chi connectivity index (χ1n) is 8.69. The van der Waals surface area contributed by atoms with Gasteiger partial charge in [-0.15, -0.1) is 11.3 Å². The molecule has 1 atom stereocenters. The lowest BCUT2D eigenvalue weighted by Crippen LogP contribution is -2.43. The van der Waals surface area contributed by atoms with Gasteiger partial charge in [-0.1, -0.05) is 24.3 Å². The van der Waals surface area contributed by atoms with Gasteiger partial charge in [0.25, 0.3) is 0 Å². The Kier molecular flexibility index (Phi) is 5.13. The molecule has 1 aliphatic heterocycles. The Balaban J connectivity index is 1.85. The zero-order valence-electron chi connectivity index (χ0n) is 15.0. The maximum Gasteiger partial charge on any atom is 0.511 e. The lowest BCUT2D eigenvalue weighted by Gasteiger charge is -2.33. The van der Waals surface area contributed by atoms with E-state index in [9.17, 15) is 21.6 Å². The second kappa shape index (κ2) is 7.47. The fourth-order valence-electron chi connectivity index (χ4n) is 3.44. The molecule has 0 spiro atoms. The number of H-pyrrole nitrogens is 1. The van der Waals surface area contributed by atoms with E-state index < -0.39 is 21.6 Å². The van der Waals surface area contributed by atoms with Crippen LogP contribution in [0.2, 0.25) is 0 Å². The van der Waals surface area contributed by atoms with E-state index in [1.807, 2.05) is 16.3 Å². The molecule has 1 N–H and O–H groups in total. The van der Waals surface area contributed by atoms with E-state index in [1.54, 1.807) is 36.5 Å². The zero-order chi connectivity index (χ0) is 20.6. The summed E-state index contributed by atoms with van der Waals surface area (Å²) in [6.07, 6.45) is 3.17. The first-order chi connectivity index (χ1) is 13.8. The fraction of sp³-hybridized carbons (Fsp3) is 0.278. The molecule has 0 aliphatic carbocycles. The molecule has 4 rings (SSSR count). The highest BCUT2D eigenvalue weighted by atomic mass is 32.2. The van der Waals surface area contributed by atoms with E-state index in [4.69, 9.17) is 0 Å². The maximum absolute atomic E-state index is 13.3. The van der Waals surface area contributed by atoms with Crippen molar-refractivity contribution in [3.8, 4) is 0 Å². The number of thiophene rings is 1. The fourth-order valence-corrected chi connectivity index (χ4v) is 5.21. The van der Waals surface area contributed by atoms with Crippen LogP contribution < -0.4 is 4.90 Å². The minimum Gasteiger partial charge on any atom is -0.356 e. The molecule has 0 unspecified atom stereocenters. The van der Waals surface area contributed by atoms with Crippen LogP contribution in [0.4, 0.5) is 18.9 Å². The molecule has 0 radical (unpaired) electrons. The molecule has 3 aromatic rings. The van der Waals surface area contributed by atoms with Gasteiger partial charge in [-0.25, -0.2) is 13.4 Å². The van der Waals surface area contributed by atoms with E-state index in [0.29, 0.717) is 22.1 Å². The minimum atomic E-state index is -5.48. The monoisotopic (exact) mass is 442 g/mol. The minimum absolute atomic E-state index is 0.314. The van der Waals surface area contributed by atoms with E-state index in [-0.39, 0.29) is 13.1 Å². The number of aromatic amines is 1. The van der Waals surface area contributed by atoms with E-state index in [2.05, 4.69) is 9.97 Å². The number of nitrogens with zero attached hydrogens (tertiary/aromatic N) is 3. The topological polar surface area (TPSA) is 69.3 Å². The molecule has 0 bridgehead atoms. The van der Waals surface area contributed by atoms with Crippen LogP contribution in [0.15, 0.2) is 54.3 Å². The molecule has 0 saturated carbocycles. The number of hydrogen-bond acceptors (Lipinski definition) is 5. The number of rotatable bonds is 4. The highest BCUT2D eigenvalue weighted by Crippen LogP contribution is 2.40. The number of benzene rings is 1. The van der Waals surface area contributed by atoms with Gasteiger partial charge >= 0.3 is 15.5 Å². The van der Waals surface area contributed by atoms with Crippen LogP contribution in [0.5, 0.6) is 0 Å². The Bertz CT molecular complexity index is 1070. The number of imidazole rings is 1. The molecule has 3 heterocycles.